The summed E-state index contributed by atoms with van der Waals surface area (Å²) >= 11 is 0. The summed E-state index contributed by atoms with van der Waals surface area (Å²) < 4.78 is 22.1. The van der Waals surface area contributed by atoms with E-state index in [1.807, 2.05) is 66.7 Å². The number of nitrogens with zero attached hydrogens (tertiary/aromatic N) is 1. The fraction of sp³-hybridized carbons (Fsp3) is 0.302. The van der Waals surface area contributed by atoms with Crippen molar-refractivity contribution >= 4 is 35.8 Å². The third-order valence-electron chi connectivity index (χ3n) is 9.41. The fourth-order valence-corrected chi connectivity index (χ4v) is 6.26. The highest BCUT2D eigenvalue weighted by Gasteiger charge is 2.34. The number of likely N-dealkylation sites (N-methyl/N-ethyl adjacent to an activating group) is 1. The SMILES string of the molecule is COc1ccc(CCCc2cccc(OCC(=O)NCc3ccc(CNC(=O)COc4cccc(C=O)c4C(=O)N(C)C4CCC(=O)NC4=O)cc3)c2)cc1OC. The number of benzene rings is 4. The van der Waals surface area contributed by atoms with Gasteiger partial charge in [-0.1, -0.05) is 54.6 Å². The van der Waals surface area contributed by atoms with E-state index < -0.39 is 36.3 Å². The number of carbonyl (C=O) groups excluding carboxylic acids is 6. The molecule has 1 unspecified atom stereocenters. The molecule has 14 heteroatoms. The van der Waals surface area contributed by atoms with Crippen molar-refractivity contribution in [3.05, 3.63) is 118 Å². The molecule has 1 aliphatic heterocycles. The van der Waals surface area contributed by atoms with E-state index in [4.69, 9.17) is 18.9 Å². The molecule has 1 aliphatic rings. The number of aryl methyl sites for hydroxylation is 2. The first kappa shape index (κ1) is 41.5. The molecule has 298 valence electrons. The van der Waals surface area contributed by atoms with Crippen LogP contribution in [-0.2, 0) is 45.1 Å². The summed E-state index contributed by atoms with van der Waals surface area (Å²) in [5.41, 5.74) is 3.86. The van der Waals surface area contributed by atoms with Crippen LogP contribution >= 0.6 is 0 Å². The van der Waals surface area contributed by atoms with Gasteiger partial charge in [0.1, 0.15) is 17.5 Å². The smallest absolute Gasteiger partial charge is 0.258 e. The zero-order chi connectivity index (χ0) is 40.7. The summed E-state index contributed by atoms with van der Waals surface area (Å²) in [6.45, 7) is -0.0937. The topological polar surface area (TPSA) is 179 Å². The summed E-state index contributed by atoms with van der Waals surface area (Å²) in [5, 5.41) is 7.82. The van der Waals surface area contributed by atoms with Crippen LogP contribution in [0.4, 0.5) is 0 Å². The summed E-state index contributed by atoms with van der Waals surface area (Å²) in [6, 6.07) is 24.5. The van der Waals surface area contributed by atoms with Crippen LogP contribution in [0.15, 0.2) is 84.9 Å². The Morgan fingerprint density at radius 3 is 2.00 bits per heavy atom. The van der Waals surface area contributed by atoms with Gasteiger partial charge in [-0.15, -0.1) is 0 Å². The van der Waals surface area contributed by atoms with Crippen molar-refractivity contribution in [3.63, 3.8) is 0 Å². The maximum atomic E-state index is 13.4. The van der Waals surface area contributed by atoms with Gasteiger partial charge in [-0.2, -0.15) is 0 Å². The van der Waals surface area contributed by atoms with E-state index >= 15 is 0 Å². The lowest BCUT2D eigenvalue weighted by Crippen LogP contribution is -2.53. The number of ether oxygens (including phenoxy) is 4. The predicted octanol–water partition coefficient (Wildman–Crippen LogP) is 3.96. The Morgan fingerprint density at radius 2 is 1.37 bits per heavy atom. The average molecular weight is 779 g/mol. The summed E-state index contributed by atoms with van der Waals surface area (Å²) in [5.74, 6) is -0.400. The second-order valence-electron chi connectivity index (χ2n) is 13.4. The highest BCUT2D eigenvalue weighted by Crippen LogP contribution is 2.29. The Hall–Kier alpha value is -6.70. The number of aldehydes is 1. The van der Waals surface area contributed by atoms with E-state index in [1.165, 1.54) is 25.2 Å². The van der Waals surface area contributed by atoms with E-state index in [1.54, 1.807) is 14.2 Å². The lowest BCUT2D eigenvalue weighted by molar-refractivity contribution is -0.136. The summed E-state index contributed by atoms with van der Waals surface area (Å²) in [7, 11) is 4.64. The number of amides is 5. The molecule has 4 aromatic carbocycles. The standard InChI is InChI=1S/C43H46N4O10/c1-47(34-18-20-38(49)46-42(34)52)43(53)41-32(25-48)10-6-12-36(41)57-27-40(51)45-24-31-15-13-30(14-16-31)23-44-39(50)26-56-33-11-5-9-28(21-33)7-4-8-29-17-19-35(54-2)37(22-29)55-3/h5-6,9-17,19,21-22,25,34H,4,7-8,18,20,23-24,26-27H2,1-3H3,(H,44,50)(H,45,51)(H,46,49,52). The van der Waals surface area contributed by atoms with Crippen LogP contribution in [-0.4, -0.2) is 81.2 Å². The van der Waals surface area contributed by atoms with Crippen molar-refractivity contribution < 1.29 is 47.7 Å². The minimum atomic E-state index is -0.907. The molecule has 1 atom stereocenters. The minimum Gasteiger partial charge on any atom is -0.493 e. The molecule has 1 heterocycles. The van der Waals surface area contributed by atoms with Crippen molar-refractivity contribution in [2.45, 2.75) is 51.2 Å². The molecule has 1 fully saturated rings. The van der Waals surface area contributed by atoms with Crippen molar-refractivity contribution in [1.29, 1.82) is 0 Å². The molecular weight excluding hydrogens is 732 g/mol. The minimum absolute atomic E-state index is 0.00261. The quantitative estimate of drug-likeness (QED) is 0.0933. The van der Waals surface area contributed by atoms with Crippen molar-refractivity contribution in [1.82, 2.24) is 20.9 Å². The van der Waals surface area contributed by atoms with Gasteiger partial charge in [-0.3, -0.25) is 34.1 Å². The van der Waals surface area contributed by atoms with E-state index in [2.05, 4.69) is 16.0 Å². The molecule has 0 aliphatic carbocycles. The first-order valence-electron chi connectivity index (χ1n) is 18.4. The maximum absolute atomic E-state index is 13.4. The number of carbonyl (C=O) groups is 6. The largest absolute Gasteiger partial charge is 0.493 e. The van der Waals surface area contributed by atoms with Gasteiger partial charge in [0.05, 0.1) is 19.8 Å². The zero-order valence-corrected chi connectivity index (χ0v) is 32.1. The van der Waals surface area contributed by atoms with Crippen LogP contribution < -0.4 is 34.9 Å². The molecule has 0 spiro atoms. The van der Waals surface area contributed by atoms with Crippen LogP contribution in [0.25, 0.3) is 0 Å². The summed E-state index contributed by atoms with van der Waals surface area (Å²) in [6.07, 6.45) is 3.35. The number of nitrogens with one attached hydrogen (secondary N) is 3. The van der Waals surface area contributed by atoms with Crippen LogP contribution in [0.5, 0.6) is 23.0 Å². The molecule has 3 N–H and O–H groups in total. The molecule has 14 nitrogen and oxygen atoms in total. The Bertz CT molecular complexity index is 2080. The molecule has 0 aromatic heterocycles. The number of piperidine rings is 1. The third kappa shape index (κ3) is 11.7. The van der Waals surface area contributed by atoms with Gasteiger partial charge < -0.3 is 34.5 Å². The second-order valence-corrected chi connectivity index (χ2v) is 13.4. The summed E-state index contributed by atoms with van der Waals surface area (Å²) in [4.78, 5) is 75.5. The third-order valence-corrected chi connectivity index (χ3v) is 9.41. The van der Waals surface area contributed by atoms with Crippen molar-refractivity contribution in [2.75, 3.05) is 34.5 Å². The molecule has 0 bridgehead atoms. The van der Waals surface area contributed by atoms with Crippen molar-refractivity contribution in [3.8, 4) is 23.0 Å². The highest BCUT2D eigenvalue weighted by molar-refractivity contribution is 6.07. The Morgan fingerprint density at radius 1 is 0.754 bits per heavy atom. The maximum Gasteiger partial charge on any atom is 0.258 e. The first-order valence-corrected chi connectivity index (χ1v) is 18.4. The number of hydrogen-bond donors (Lipinski definition) is 3. The van der Waals surface area contributed by atoms with Crippen LogP contribution in [0, 0.1) is 0 Å². The fourth-order valence-electron chi connectivity index (χ4n) is 6.26. The van der Waals surface area contributed by atoms with Crippen LogP contribution in [0.1, 0.15) is 62.2 Å². The Labute approximate surface area is 330 Å². The predicted molar refractivity (Wildman–Crippen MR) is 209 cm³/mol. The van der Waals surface area contributed by atoms with Gasteiger partial charge in [0.2, 0.25) is 11.8 Å². The molecular formula is C43H46N4O10. The van der Waals surface area contributed by atoms with E-state index in [9.17, 15) is 28.8 Å². The number of methoxy groups -OCH3 is 2. The van der Waals surface area contributed by atoms with Crippen LogP contribution in [0.3, 0.4) is 0 Å². The van der Waals surface area contributed by atoms with E-state index in [0.29, 0.717) is 30.1 Å². The Kier molecular flexibility index (Phi) is 14.8. The lowest BCUT2D eigenvalue weighted by Gasteiger charge is -2.30. The second kappa shape index (κ2) is 20.3. The average Bonchev–Trinajstić information content (AvgIpc) is 3.23. The highest BCUT2D eigenvalue weighted by atomic mass is 16.5. The zero-order valence-electron chi connectivity index (χ0n) is 32.1. The molecule has 5 rings (SSSR count). The molecule has 1 saturated heterocycles. The number of imide groups is 1. The van der Waals surface area contributed by atoms with Crippen LogP contribution in [0.2, 0.25) is 0 Å². The number of rotatable bonds is 19. The lowest BCUT2D eigenvalue weighted by atomic mass is 10.0. The van der Waals surface area contributed by atoms with Gasteiger partial charge in [-0.05, 0) is 78.3 Å². The van der Waals surface area contributed by atoms with Gasteiger partial charge in [-0.25, -0.2) is 0 Å². The molecule has 0 saturated carbocycles. The Balaban J connectivity index is 1.02. The monoisotopic (exact) mass is 778 g/mol. The van der Waals surface area contributed by atoms with Gasteiger partial charge >= 0.3 is 0 Å². The van der Waals surface area contributed by atoms with Gasteiger partial charge in [0, 0.05) is 32.1 Å². The first-order chi connectivity index (χ1) is 27.6. The molecule has 4 aromatic rings. The van der Waals surface area contributed by atoms with Crippen molar-refractivity contribution in [2.24, 2.45) is 0 Å². The molecule has 5 amide bonds. The normalized spacial score (nSPS) is 13.5. The van der Waals surface area contributed by atoms with Gasteiger partial charge in [0.15, 0.2) is 31.0 Å². The van der Waals surface area contributed by atoms with Gasteiger partial charge in [0.25, 0.3) is 17.7 Å². The molecule has 0 radical (unpaired) electrons. The van der Waals surface area contributed by atoms with E-state index in [-0.39, 0.29) is 48.8 Å². The molecule has 57 heavy (non-hydrogen) atoms. The number of hydrogen-bond acceptors (Lipinski definition) is 10. The van der Waals surface area contributed by atoms with E-state index in [0.717, 1.165) is 46.4 Å².